The first-order valence-corrected chi connectivity index (χ1v) is 5.73. The molecule has 1 heterocycles. The summed E-state index contributed by atoms with van der Waals surface area (Å²) >= 11 is 0. The molecule has 0 aliphatic heterocycles. The molecule has 1 aromatic heterocycles. The number of benzene rings is 1. The standard InChI is InChI=1S/C13H16FN3/c1-3-15-8-11-9-16-17(10(11)2)13-7-5-4-6-12(13)14/h4-7,9,15H,3,8H2,1-2H3. The normalized spacial score (nSPS) is 10.8. The van der Waals surface area contributed by atoms with E-state index in [1.54, 1.807) is 23.0 Å². The van der Waals surface area contributed by atoms with Crippen LogP contribution >= 0.6 is 0 Å². The first-order chi connectivity index (χ1) is 8.24. The highest BCUT2D eigenvalue weighted by Gasteiger charge is 2.10. The maximum Gasteiger partial charge on any atom is 0.148 e. The SMILES string of the molecule is CCNCc1cnn(-c2ccccc2F)c1C. The predicted molar refractivity (Wildman–Crippen MR) is 65.6 cm³/mol. The molecule has 0 radical (unpaired) electrons. The number of para-hydroxylation sites is 1. The van der Waals surface area contributed by atoms with Gasteiger partial charge in [-0.05, 0) is 25.6 Å². The van der Waals surface area contributed by atoms with Gasteiger partial charge in [-0.3, -0.25) is 0 Å². The van der Waals surface area contributed by atoms with Crippen LogP contribution in [0.15, 0.2) is 30.5 Å². The Bertz CT molecular complexity index is 505. The van der Waals surface area contributed by atoms with E-state index in [0.29, 0.717) is 5.69 Å². The fourth-order valence-electron chi connectivity index (χ4n) is 1.74. The second kappa shape index (κ2) is 5.10. The lowest BCUT2D eigenvalue weighted by molar-refractivity contribution is 0.608. The lowest BCUT2D eigenvalue weighted by Crippen LogP contribution is -2.12. The average Bonchev–Trinajstić information content (AvgIpc) is 2.69. The first kappa shape index (κ1) is 11.8. The van der Waals surface area contributed by atoms with E-state index in [1.165, 1.54) is 6.07 Å². The molecule has 1 aromatic carbocycles. The first-order valence-electron chi connectivity index (χ1n) is 5.73. The van der Waals surface area contributed by atoms with Gasteiger partial charge in [0, 0.05) is 17.8 Å². The monoisotopic (exact) mass is 233 g/mol. The maximum absolute atomic E-state index is 13.6. The van der Waals surface area contributed by atoms with E-state index in [9.17, 15) is 4.39 Å². The second-order valence-electron chi connectivity index (χ2n) is 3.90. The molecule has 0 bridgehead atoms. The molecule has 1 N–H and O–H groups in total. The molecule has 0 amide bonds. The summed E-state index contributed by atoms with van der Waals surface area (Å²) in [5.41, 5.74) is 2.55. The van der Waals surface area contributed by atoms with Crippen LogP contribution in [0.25, 0.3) is 5.69 Å². The fraction of sp³-hybridized carbons (Fsp3) is 0.308. The van der Waals surface area contributed by atoms with Crippen molar-refractivity contribution in [2.75, 3.05) is 6.54 Å². The third-order valence-corrected chi connectivity index (χ3v) is 2.76. The highest BCUT2D eigenvalue weighted by Crippen LogP contribution is 2.16. The highest BCUT2D eigenvalue weighted by atomic mass is 19.1. The lowest BCUT2D eigenvalue weighted by atomic mass is 10.2. The number of aromatic nitrogens is 2. The van der Waals surface area contributed by atoms with Gasteiger partial charge in [-0.2, -0.15) is 5.10 Å². The van der Waals surface area contributed by atoms with Crippen molar-refractivity contribution in [1.82, 2.24) is 15.1 Å². The van der Waals surface area contributed by atoms with E-state index in [1.807, 2.05) is 13.0 Å². The van der Waals surface area contributed by atoms with Crippen molar-refractivity contribution in [1.29, 1.82) is 0 Å². The Labute approximate surface area is 100 Å². The molecule has 0 saturated carbocycles. The smallest absolute Gasteiger partial charge is 0.148 e. The molecule has 0 aliphatic carbocycles. The van der Waals surface area contributed by atoms with Gasteiger partial charge in [-0.25, -0.2) is 9.07 Å². The number of hydrogen-bond acceptors (Lipinski definition) is 2. The molecule has 17 heavy (non-hydrogen) atoms. The largest absolute Gasteiger partial charge is 0.313 e. The molecule has 4 heteroatoms. The van der Waals surface area contributed by atoms with Crippen molar-refractivity contribution in [3.05, 3.63) is 47.5 Å². The van der Waals surface area contributed by atoms with Crippen molar-refractivity contribution >= 4 is 0 Å². The van der Waals surface area contributed by atoms with Gasteiger partial charge in [0.05, 0.1) is 6.20 Å². The summed E-state index contributed by atoms with van der Waals surface area (Å²) in [5, 5.41) is 7.47. The number of hydrogen-bond donors (Lipinski definition) is 1. The van der Waals surface area contributed by atoms with Gasteiger partial charge < -0.3 is 5.32 Å². The Morgan fingerprint density at radius 3 is 2.82 bits per heavy atom. The van der Waals surface area contributed by atoms with Crippen LogP contribution in [0.3, 0.4) is 0 Å². The van der Waals surface area contributed by atoms with E-state index in [2.05, 4.69) is 17.3 Å². The quantitative estimate of drug-likeness (QED) is 0.879. The van der Waals surface area contributed by atoms with Crippen molar-refractivity contribution in [2.24, 2.45) is 0 Å². The van der Waals surface area contributed by atoms with Crippen molar-refractivity contribution in [3.8, 4) is 5.69 Å². The number of rotatable bonds is 4. The molecule has 0 saturated heterocycles. The minimum atomic E-state index is -0.256. The Morgan fingerprint density at radius 2 is 2.12 bits per heavy atom. The van der Waals surface area contributed by atoms with Crippen LogP contribution in [0.4, 0.5) is 4.39 Å². The Hall–Kier alpha value is -1.68. The summed E-state index contributed by atoms with van der Waals surface area (Å²) in [6.45, 7) is 5.67. The average molecular weight is 233 g/mol. The summed E-state index contributed by atoms with van der Waals surface area (Å²) in [6.07, 6.45) is 1.78. The van der Waals surface area contributed by atoms with E-state index >= 15 is 0 Å². The van der Waals surface area contributed by atoms with Crippen molar-refractivity contribution in [3.63, 3.8) is 0 Å². The van der Waals surface area contributed by atoms with Crippen LogP contribution in [0, 0.1) is 12.7 Å². The molecule has 3 nitrogen and oxygen atoms in total. The molecule has 0 fully saturated rings. The van der Waals surface area contributed by atoms with Gasteiger partial charge in [0.2, 0.25) is 0 Å². The molecule has 0 spiro atoms. The topological polar surface area (TPSA) is 29.9 Å². The van der Waals surface area contributed by atoms with E-state index < -0.39 is 0 Å². The highest BCUT2D eigenvalue weighted by molar-refractivity contribution is 5.35. The number of halogens is 1. The zero-order valence-corrected chi connectivity index (χ0v) is 10.1. The summed E-state index contributed by atoms with van der Waals surface area (Å²) in [6, 6.07) is 6.66. The number of nitrogens with one attached hydrogen (secondary N) is 1. The second-order valence-corrected chi connectivity index (χ2v) is 3.90. The molecule has 0 unspecified atom stereocenters. The summed E-state index contributed by atoms with van der Waals surface area (Å²) in [5.74, 6) is -0.256. The van der Waals surface area contributed by atoms with E-state index in [0.717, 1.165) is 24.3 Å². The van der Waals surface area contributed by atoms with Crippen LogP contribution in [0.5, 0.6) is 0 Å². The van der Waals surface area contributed by atoms with Gasteiger partial charge in [-0.15, -0.1) is 0 Å². The van der Waals surface area contributed by atoms with Crippen molar-refractivity contribution < 1.29 is 4.39 Å². The molecule has 90 valence electrons. The Kier molecular flexibility index (Phi) is 3.54. The Morgan fingerprint density at radius 1 is 1.35 bits per heavy atom. The third kappa shape index (κ3) is 2.36. The van der Waals surface area contributed by atoms with Gasteiger partial charge in [0.15, 0.2) is 0 Å². The summed E-state index contributed by atoms with van der Waals surface area (Å²) in [4.78, 5) is 0. The minimum absolute atomic E-state index is 0.256. The predicted octanol–water partition coefficient (Wildman–Crippen LogP) is 2.43. The molecule has 0 atom stereocenters. The zero-order chi connectivity index (χ0) is 12.3. The molecular weight excluding hydrogens is 217 g/mol. The maximum atomic E-state index is 13.6. The van der Waals surface area contributed by atoms with Crippen LogP contribution < -0.4 is 5.32 Å². The zero-order valence-electron chi connectivity index (χ0n) is 10.1. The van der Waals surface area contributed by atoms with Gasteiger partial charge >= 0.3 is 0 Å². The lowest BCUT2D eigenvalue weighted by Gasteiger charge is -2.06. The van der Waals surface area contributed by atoms with E-state index in [-0.39, 0.29) is 5.82 Å². The minimum Gasteiger partial charge on any atom is -0.313 e. The molecule has 2 rings (SSSR count). The van der Waals surface area contributed by atoms with Gasteiger partial charge in [0.25, 0.3) is 0 Å². The molecule has 2 aromatic rings. The molecular formula is C13H16FN3. The Balaban J connectivity index is 2.34. The number of nitrogens with zero attached hydrogens (tertiary/aromatic N) is 2. The van der Waals surface area contributed by atoms with Crippen LogP contribution in [-0.4, -0.2) is 16.3 Å². The van der Waals surface area contributed by atoms with Crippen LogP contribution in [0.1, 0.15) is 18.2 Å². The summed E-state index contributed by atoms with van der Waals surface area (Å²) in [7, 11) is 0. The van der Waals surface area contributed by atoms with Gasteiger partial charge in [0.1, 0.15) is 11.5 Å². The molecule has 0 aliphatic rings. The van der Waals surface area contributed by atoms with Crippen LogP contribution in [-0.2, 0) is 6.54 Å². The van der Waals surface area contributed by atoms with Crippen molar-refractivity contribution in [2.45, 2.75) is 20.4 Å². The van der Waals surface area contributed by atoms with Crippen LogP contribution in [0.2, 0.25) is 0 Å². The third-order valence-electron chi connectivity index (χ3n) is 2.76. The summed E-state index contributed by atoms with van der Waals surface area (Å²) < 4.78 is 15.3. The van der Waals surface area contributed by atoms with E-state index in [4.69, 9.17) is 0 Å². The fourth-order valence-corrected chi connectivity index (χ4v) is 1.74. The van der Waals surface area contributed by atoms with Gasteiger partial charge in [-0.1, -0.05) is 19.1 Å².